The number of aromatic nitrogens is 3. The summed E-state index contributed by atoms with van der Waals surface area (Å²) in [6.07, 6.45) is 4.91. The molecule has 2 aromatic rings. The third kappa shape index (κ3) is 3.53. The standard InChI is InChI=1S/C19H23N5O2/c1-13(25)24-9-7-15-17(12-24)22-19(16-6-2-3-8-20-16)23-18(15)21-11-14-5-4-10-26-14/h2-3,6,8,14H,4-5,7,9-12H2,1H3,(H,21,22,23)/t14-/m0/s1. The van der Waals surface area contributed by atoms with E-state index in [1.807, 2.05) is 23.1 Å². The quantitative estimate of drug-likeness (QED) is 0.906. The molecule has 26 heavy (non-hydrogen) atoms. The number of carbonyl (C=O) groups excluding carboxylic acids is 1. The van der Waals surface area contributed by atoms with Gasteiger partial charge in [-0.2, -0.15) is 0 Å². The first kappa shape index (κ1) is 16.9. The topological polar surface area (TPSA) is 80.2 Å². The Morgan fingerprint density at radius 3 is 3.04 bits per heavy atom. The molecule has 2 aromatic heterocycles. The molecule has 2 aliphatic heterocycles. The Morgan fingerprint density at radius 2 is 2.31 bits per heavy atom. The number of nitrogens with one attached hydrogen (secondary N) is 1. The molecule has 1 fully saturated rings. The van der Waals surface area contributed by atoms with Crippen LogP contribution < -0.4 is 5.32 Å². The zero-order valence-electron chi connectivity index (χ0n) is 14.9. The summed E-state index contributed by atoms with van der Waals surface area (Å²) in [7, 11) is 0. The highest BCUT2D eigenvalue weighted by atomic mass is 16.5. The van der Waals surface area contributed by atoms with E-state index in [9.17, 15) is 4.79 Å². The third-order valence-electron chi connectivity index (χ3n) is 4.93. The zero-order valence-corrected chi connectivity index (χ0v) is 14.9. The minimum atomic E-state index is 0.0718. The summed E-state index contributed by atoms with van der Waals surface area (Å²) in [4.78, 5) is 27.4. The Balaban J connectivity index is 1.66. The van der Waals surface area contributed by atoms with E-state index in [-0.39, 0.29) is 12.0 Å². The summed E-state index contributed by atoms with van der Waals surface area (Å²) in [6.45, 7) is 4.38. The Bertz CT molecular complexity index is 790. The van der Waals surface area contributed by atoms with Gasteiger partial charge in [-0.1, -0.05) is 6.07 Å². The molecular formula is C19H23N5O2. The average molecular weight is 353 g/mol. The van der Waals surface area contributed by atoms with Gasteiger partial charge in [0.05, 0.1) is 18.3 Å². The SMILES string of the molecule is CC(=O)N1CCc2c(nc(-c3ccccn3)nc2NC[C@@H]2CCCO2)C1. The molecule has 0 radical (unpaired) electrons. The van der Waals surface area contributed by atoms with E-state index in [0.29, 0.717) is 18.9 Å². The van der Waals surface area contributed by atoms with Crippen molar-refractivity contribution < 1.29 is 9.53 Å². The zero-order chi connectivity index (χ0) is 17.9. The molecule has 4 heterocycles. The van der Waals surface area contributed by atoms with Crippen LogP contribution in [0.1, 0.15) is 31.0 Å². The van der Waals surface area contributed by atoms with Gasteiger partial charge >= 0.3 is 0 Å². The van der Waals surface area contributed by atoms with Crippen LogP contribution in [0.2, 0.25) is 0 Å². The van der Waals surface area contributed by atoms with E-state index in [4.69, 9.17) is 14.7 Å². The Labute approximate surface area is 152 Å². The van der Waals surface area contributed by atoms with Crippen LogP contribution in [-0.2, 0) is 22.5 Å². The first-order valence-corrected chi connectivity index (χ1v) is 9.13. The van der Waals surface area contributed by atoms with Gasteiger partial charge in [0.1, 0.15) is 11.5 Å². The maximum absolute atomic E-state index is 11.8. The highest BCUT2D eigenvalue weighted by molar-refractivity contribution is 5.74. The summed E-state index contributed by atoms with van der Waals surface area (Å²) >= 11 is 0. The van der Waals surface area contributed by atoms with Gasteiger partial charge in [0, 0.05) is 38.4 Å². The highest BCUT2D eigenvalue weighted by Gasteiger charge is 2.25. The van der Waals surface area contributed by atoms with Crippen molar-refractivity contribution in [1.82, 2.24) is 19.9 Å². The van der Waals surface area contributed by atoms with Crippen molar-refractivity contribution in [2.75, 3.05) is 25.0 Å². The Kier molecular flexibility index (Phi) is 4.79. The number of hydrogen-bond donors (Lipinski definition) is 1. The van der Waals surface area contributed by atoms with Crippen molar-refractivity contribution in [2.24, 2.45) is 0 Å². The molecule has 1 atom stereocenters. The molecule has 0 unspecified atom stereocenters. The van der Waals surface area contributed by atoms with Crippen molar-refractivity contribution in [1.29, 1.82) is 0 Å². The monoisotopic (exact) mass is 353 g/mol. The molecule has 0 saturated carbocycles. The summed E-state index contributed by atoms with van der Waals surface area (Å²) in [5.74, 6) is 1.50. The maximum Gasteiger partial charge on any atom is 0.219 e. The van der Waals surface area contributed by atoms with E-state index < -0.39 is 0 Å². The van der Waals surface area contributed by atoms with E-state index in [0.717, 1.165) is 55.2 Å². The van der Waals surface area contributed by atoms with E-state index >= 15 is 0 Å². The van der Waals surface area contributed by atoms with Gasteiger partial charge in [0.25, 0.3) is 0 Å². The fraction of sp³-hybridized carbons (Fsp3) is 0.474. The third-order valence-corrected chi connectivity index (χ3v) is 4.93. The lowest BCUT2D eigenvalue weighted by atomic mass is 10.0. The molecule has 0 bridgehead atoms. The summed E-state index contributed by atoms with van der Waals surface area (Å²) < 4.78 is 5.71. The van der Waals surface area contributed by atoms with E-state index in [1.54, 1.807) is 13.1 Å². The molecule has 4 rings (SSSR count). The van der Waals surface area contributed by atoms with Crippen LogP contribution in [0.4, 0.5) is 5.82 Å². The highest BCUT2D eigenvalue weighted by Crippen LogP contribution is 2.27. The Hall–Kier alpha value is -2.54. The molecule has 1 amide bonds. The van der Waals surface area contributed by atoms with Crippen LogP contribution in [0.15, 0.2) is 24.4 Å². The number of amides is 1. The molecule has 1 N–H and O–H groups in total. The first-order valence-electron chi connectivity index (χ1n) is 9.13. The van der Waals surface area contributed by atoms with Crippen LogP contribution in [0, 0.1) is 0 Å². The van der Waals surface area contributed by atoms with E-state index in [1.165, 1.54) is 0 Å². The van der Waals surface area contributed by atoms with Crippen LogP contribution in [0.5, 0.6) is 0 Å². The van der Waals surface area contributed by atoms with Crippen LogP contribution in [-0.4, -0.2) is 51.6 Å². The largest absolute Gasteiger partial charge is 0.376 e. The minimum Gasteiger partial charge on any atom is -0.376 e. The van der Waals surface area contributed by atoms with Crippen molar-refractivity contribution in [2.45, 2.75) is 38.8 Å². The number of anilines is 1. The van der Waals surface area contributed by atoms with Gasteiger partial charge in [-0.25, -0.2) is 9.97 Å². The number of nitrogens with zero attached hydrogens (tertiary/aromatic N) is 4. The maximum atomic E-state index is 11.8. The van der Waals surface area contributed by atoms with Gasteiger partial charge in [0.15, 0.2) is 5.82 Å². The lowest BCUT2D eigenvalue weighted by molar-refractivity contribution is -0.129. The summed E-state index contributed by atoms with van der Waals surface area (Å²) in [5.41, 5.74) is 2.73. The van der Waals surface area contributed by atoms with Crippen molar-refractivity contribution in [3.63, 3.8) is 0 Å². The second-order valence-corrected chi connectivity index (χ2v) is 6.74. The second-order valence-electron chi connectivity index (χ2n) is 6.74. The molecular weight excluding hydrogens is 330 g/mol. The second kappa shape index (κ2) is 7.37. The number of carbonyl (C=O) groups is 1. The lowest BCUT2D eigenvalue weighted by Gasteiger charge is -2.29. The molecule has 7 nitrogen and oxygen atoms in total. The van der Waals surface area contributed by atoms with Crippen LogP contribution in [0.3, 0.4) is 0 Å². The fourth-order valence-electron chi connectivity index (χ4n) is 3.47. The van der Waals surface area contributed by atoms with Gasteiger partial charge in [0.2, 0.25) is 5.91 Å². The summed E-state index contributed by atoms with van der Waals surface area (Å²) in [5, 5.41) is 3.46. The molecule has 0 aliphatic carbocycles. The predicted molar refractivity (Wildman–Crippen MR) is 97.5 cm³/mol. The van der Waals surface area contributed by atoms with Crippen LogP contribution >= 0.6 is 0 Å². The number of pyridine rings is 1. The van der Waals surface area contributed by atoms with Gasteiger partial charge in [-0.05, 0) is 31.4 Å². The number of ether oxygens (including phenoxy) is 1. The average Bonchev–Trinajstić information content (AvgIpc) is 3.19. The number of rotatable bonds is 4. The van der Waals surface area contributed by atoms with Crippen LogP contribution in [0.25, 0.3) is 11.5 Å². The van der Waals surface area contributed by atoms with Gasteiger partial charge in [-0.3, -0.25) is 9.78 Å². The smallest absolute Gasteiger partial charge is 0.219 e. The molecule has 136 valence electrons. The number of fused-ring (bicyclic) bond motifs is 1. The van der Waals surface area contributed by atoms with Gasteiger partial charge < -0.3 is 15.0 Å². The first-order chi connectivity index (χ1) is 12.7. The minimum absolute atomic E-state index is 0.0718. The van der Waals surface area contributed by atoms with Crippen molar-refractivity contribution >= 4 is 11.7 Å². The lowest BCUT2D eigenvalue weighted by Crippen LogP contribution is -2.35. The molecule has 0 aromatic carbocycles. The Morgan fingerprint density at radius 1 is 1.38 bits per heavy atom. The van der Waals surface area contributed by atoms with E-state index in [2.05, 4.69) is 10.3 Å². The predicted octanol–water partition coefficient (Wildman–Crippen LogP) is 2.03. The molecule has 2 aliphatic rings. The van der Waals surface area contributed by atoms with Crippen molar-refractivity contribution in [3.05, 3.63) is 35.7 Å². The molecule has 7 heteroatoms. The van der Waals surface area contributed by atoms with Crippen molar-refractivity contribution in [3.8, 4) is 11.5 Å². The fourth-order valence-corrected chi connectivity index (χ4v) is 3.47. The molecule has 0 spiro atoms. The number of hydrogen-bond acceptors (Lipinski definition) is 6. The molecule has 1 saturated heterocycles. The summed E-state index contributed by atoms with van der Waals surface area (Å²) in [6, 6.07) is 5.69. The van der Waals surface area contributed by atoms with Gasteiger partial charge in [-0.15, -0.1) is 0 Å². The normalized spacial score (nSPS) is 19.3.